The number of hydrogen-bond donors (Lipinski definition) is 1. The maximum atomic E-state index is 5.61. The number of aryl methyl sites for hydroxylation is 1. The van der Waals surface area contributed by atoms with Crippen LogP contribution in [-0.4, -0.2) is 47.2 Å². The van der Waals surface area contributed by atoms with Gasteiger partial charge in [0.05, 0.1) is 6.61 Å². The number of aromatic nitrogens is 2. The van der Waals surface area contributed by atoms with E-state index in [0.717, 1.165) is 18.7 Å². The molecule has 1 atom stereocenters. The summed E-state index contributed by atoms with van der Waals surface area (Å²) in [4.78, 5) is 11.4. The highest BCUT2D eigenvalue weighted by Crippen LogP contribution is 2.14. The Bertz CT molecular complexity index is 432. The summed E-state index contributed by atoms with van der Waals surface area (Å²) in [6.07, 6.45) is 5.00. The lowest BCUT2D eigenvalue weighted by Gasteiger charge is -2.29. The number of ether oxygens (including phenoxy) is 1. The van der Waals surface area contributed by atoms with Gasteiger partial charge in [-0.05, 0) is 46.2 Å². The molecule has 0 aromatic carbocycles. The van der Waals surface area contributed by atoms with Gasteiger partial charge in [0.15, 0.2) is 0 Å². The van der Waals surface area contributed by atoms with E-state index in [9.17, 15) is 0 Å². The van der Waals surface area contributed by atoms with Crippen molar-refractivity contribution in [1.82, 2.24) is 14.9 Å². The minimum Gasteiger partial charge on any atom is -0.478 e. The Morgan fingerprint density at radius 1 is 1.29 bits per heavy atom. The monoisotopic (exact) mass is 292 g/mol. The Hall–Kier alpha value is -1.36. The van der Waals surface area contributed by atoms with Crippen LogP contribution in [0.15, 0.2) is 6.07 Å². The van der Waals surface area contributed by atoms with Crippen LogP contribution in [0, 0.1) is 6.92 Å². The summed E-state index contributed by atoms with van der Waals surface area (Å²) in [7, 11) is 0. The third kappa shape index (κ3) is 5.50. The molecule has 2 heterocycles. The predicted octanol–water partition coefficient (Wildman–Crippen LogP) is 2.86. The molecule has 0 amide bonds. The van der Waals surface area contributed by atoms with Crippen LogP contribution in [-0.2, 0) is 0 Å². The Labute approximate surface area is 128 Å². The molecule has 0 radical (unpaired) electrons. The largest absolute Gasteiger partial charge is 0.478 e. The van der Waals surface area contributed by atoms with Gasteiger partial charge in [0.25, 0.3) is 0 Å². The van der Waals surface area contributed by atoms with E-state index in [0.29, 0.717) is 24.5 Å². The molecular weight excluding hydrogens is 264 g/mol. The van der Waals surface area contributed by atoms with E-state index in [1.54, 1.807) is 0 Å². The summed E-state index contributed by atoms with van der Waals surface area (Å²) in [6.45, 7) is 10.4. The number of hydrogen-bond acceptors (Lipinski definition) is 5. The number of likely N-dealkylation sites (tertiary alicyclic amines) is 1. The van der Waals surface area contributed by atoms with Crippen LogP contribution < -0.4 is 10.1 Å². The molecule has 21 heavy (non-hydrogen) atoms. The van der Waals surface area contributed by atoms with Crippen molar-refractivity contribution in [2.45, 2.75) is 52.5 Å². The van der Waals surface area contributed by atoms with Gasteiger partial charge in [0.1, 0.15) is 0 Å². The fraction of sp³-hybridized carbons (Fsp3) is 0.750. The highest BCUT2D eigenvalue weighted by molar-refractivity contribution is 5.31. The average molecular weight is 292 g/mol. The lowest BCUT2D eigenvalue weighted by Crippen LogP contribution is -2.38. The summed E-state index contributed by atoms with van der Waals surface area (Å²) < 4.78 is 5.61. The Balaban J connectivity index is 1.89. The van der Waals surface area contributed by atoms with Crippen molar-refractivity contribution in [3.63, 3.8) is 0 Å². The zero-order valence-corrected chi connectivity index (χ0v) is 13.6. The molecular formula is C16H28N4O. The van der Waals surface area contributed by atoms with Crippen LogP contribution in [0.4, 0.5) is 5.95 Å². The summed E-state index contributed by atoms with van der Waals surface area (Å²) in [5, 5.41) is 3.40. The molecule has 0 bridgehead atoms. The fourth-order valence-corrected chi connectivity index (χ4v) is 2.68. The van der Waals surface area contributed by atoms with Gasteiger partial charge in [-0.1, -0.05) is 13.3 Å². The second-order valence-electron chi connectivity index (χ2n) is 5.93. The first kappa shape index (κ1) is 16.0. The van der Waals surface area contributed by atoms with Crippen molar-refractivity contribution < 1.29 is 4.74 Å². The first-order valence-corrected chi connectivity index (χ1v) is 8.14. The van der Waals surface area contributed by atoms with Gasteiger partial charge in [-0.3, -0.25) is 0 Å². The highest BCUT2D eigenvalue weighted by atomic mass is 16.5. The van der Waals surface area contributed by atoms with Crippen LogP contribution >= 0.6 is 0 Å². The van der Waals surface area contributed by atoms with Crippen molar-refractivity contribution in [3.8, 4) is 5.88 Å². The number of nitrogens with zero attached hydrogens (tertiary/aromatic N) is 3. The lowest BCUT2D eigenvalue weighted by atomic mass is 10.1. The molecule has 1 aromatic rings. The predicted molar refractivity (Wildman–Crippen MR) is 85.9 cm³/mol. The molecule has 1 unspecified atom stereocenters. The molecule has 5 nitrogen and oxygen atoms in total. The lowest BCUT2D eigenvalue weighted by molar-refractivity contribution is 0.223. The van der Waals surface area contributed by atoms with Crippen LogP contribution in [0.5, 0.6) is 5.88 Å². The smallest absolute Gasteiger partial charge is 0.226 e. The van der Waals surface area contributed by atoms with Crippen molar-refractivity contribution >= 4 is 5.95 Å². The van der Waals surface area contributed by atoms with E-state index in [2.05, 4.69) is 34.0 Å². The number of nitrogens with one attached hydrogen (secondary N) is 1. The second-order valence-corrected chi connectivity index (χ2v) is 5.93. The van der Waals surface area contributed by atoms with Gasteiger partial charge in [-0.2, -0.15) is 4.98 Å². The van der Waals surface area contributed by atoms with Crippen molar-refractivity contribution in [1.29, 1.82) is 0 Å². The Morgan fingerprint density at radius 2 is 2.05 bits per heavy atom. The molecule has 1 aliphatic rings. The molecule has 0 spiro atoms. The molecule has 5 heteroatoms. The van der Waals surface area contributed by atoms with Crippen LogP contribution in [0.25, 0.3) is 0 Å². The van der Waals surface area contributed by atoms with Gasteiger partial charge in [0.2, 0.25) is 11.8 Å². The second kappa shape index (κ2) is 8.17. The fourth-order valence-electron chi connectivity index (χ4n) is 2.68. The van der Waals surface area contributed by atoms with Crippen molar-refractivity contribution in [2.24, 2.45) is 0 Å². The highest BCUT2D eigenvalue weighted by Gasteiger charge is 2.14. The average Bonchev–Trinajstić information content (AvgIpc) is 2.45. The molecule has 1 saturated heterocycles. The standard InChI is InChI=1S/C16H28N4O/c1-4-10-21-15-11-13(2)17-16(19-15)18-14(3)12-20-8-6-5-7-9-20/h11,14H,4-10,12H2,1-3H3,(H,17,18,19). The number of rotatable bonds is 7. The van der Waals surface area contributed by atoms with Gasteiger partial charge in [0, 0.05) is 24.3 Å². The maximum absolute atomic E-state index is 5.61. The van der Waals surface area contributed by atoms with E-state index >= 15 is 0 Å². The first-order valence-electron chi connectivity index (χ1n) is 8.14. The van der Waals surface area contributed by atoms with Crippen LogP contribution in [0.3, 0.4) is 0 Å². The molecule has 2 rings (SSSR count). The quantitative estimate of drug-likeness (QED) is 0.837. The number of piperidine rings is 1. The minimum atomic E-state index is 0.337. The van der Waals surface area contributed by atoms with E-state index in [1.807, 2.05) is 13.0 Å². The summed E-state index contributed by atoms with van der Waals surface area (Å²) in [5.74, 6) is 1.34. The molecule has 118 valence electrons. The van der Waals surface area contributed by atoms with E-state index in [4.69, 9.17) is 4.74 Å². The topological polar surface area (TPSA) is 50.3 Å². The van der Waals surface area contributed by atoms with Gasteiger partial charge in [-0.15, -0.1) is 0 Å². The van der Waals surface area contributed by atoms with E-state index < -0.39 is 0 Å². The third-order valence-electron chi connectivity index (χ3n) is 3.64. The third-order valence-corrected chi connectivity index (χ3v) is 3.64. The van der Waals surface area contributed by atoms with E-state index in [1.165, 1.54) is 32.4 Å². The molecule has 1 N–H and O–H groups in total. The molecule has 1 aromatic heterocycles. The summed E-state index contributed by atoms with van der Waals surface area (Å²) >= 11 is 0. The zero-order valence-electron chi connectivity index (χ0n) is 13.6. The minimum absolute atomic E-state index is 0.337. The molecule has 0 aliphatic carbocycles. The van der Waals surface area contributed by atoms with Gasteiger partial charge < -0.3 is 15.0 Å². The molecule has 0 saturated carbocycles. The van der Waals surface area contributed by atoms with E-state index in [-0.39, 0.29) is 0 Å². The van der Waals surface area contributed by atoms with Crippen LogP contribution in [0.1, 0.15) is 45.2 Å². The first-order chi connectivity index (χ1) is 10.2. The Kier molecular flexibility index (Phi) is 6.23. The van der Waals surface area contributed by atoms with Crippen LogP contribution in [0.2, 0.25) is 0 Å². The SMILES string of the molecule is CCCOc1cc(C)nc(NC(C)CN2CCCCC2)n1. The van der Waals surface area contributed by atoms with Crippen molar-refractivity contribution in [2.75, 3.05) is 31.6 Å². The van der Waals surface area contributed by atoms with Gasteiger partial charge >= 0.3 is 0 Å². The maximum Gasteiger partial charge on any atom is 0.226 e. The van der Waals surface area contributed by atoms with Gasteiger partial charge in [-0.25, -0.2) is 4.98 Å². The number of anilines is 1. The summed E-state index contributed by atoms with van der Waals surface area (Å²) in [6, 6.07) is 2.22. The van der Waals surface area contributed by atoms with Crippen molar-refractivity contribution in [3.05, 3.63) is 11.8 Å². The normalized spacial score (nSPS) is 17.5. The molecule has 1 aliphatic heterocycles. The summed E-state index contributed by atoms with van der Waals surface area (Å²) in [5.41, 5.74) is 0.934. The molecule has 1 fully saturated rings. The Morgan fingerprint density at radius 3 is 2.76 bits per heavy atom. The zero-order chi connectivity index (χ0) is 15.1.